The van der Waals surface area contributed by atoms with Gasteiger partial charge in [0.1, 0.15) is 12.1 Å². The van der Waals surface area contributed by atoms with Crippen LogP contribution >= 0.6 is 11.3 Å². The minimum absolute atomic E-state index is 0.222. The van der Waals surface area contributed by atoms with Crippen LogP contribution in [0.3, 0.4) is 0 Å². The lowest BCUT2D eigenvalue weighted by Crippen LogP contribution is -2.47. The molecule has 1 fully saturated rings. The van der Waals surface area contributed by atoms with Crippen molar-refractivity contribution in [3.05, 3.63) is 57.8 Å². The molecule has 0 saturated carbocycles. The zero-order chi connectivity index (χ0) is 19.7. The van der Waals surface area contributed by atoms with Crippen molar-refractivity contribution in [1.82, 2.24) is 15.1 Å². The Kier molecular flexibility index (Phi) is 4.93. The van der Waals surface area contributed by atoms with E-state index in [2.05, 4.69) is 5.32 Å². The van der Waals surface area contributed by atoms with Crippen LogP contribution in [0.25, 0.3) is 0 Å². The summed E-state index contributed by atoms with van der Waals surface area (Å²) in [6.07, 6.45) is 2.28. The van der Waals surface area contributed by atoms with E-state index in [9.17, 15) is 14.4 Å². The first kappa shape index (κ1) is 18.7. The number of imide groups is 1. The molecule has 1 atom stereocenters. The number of rotatable bonds is 5. The first-order valence-corrected chi connectivity index (χ1v) is 10.5. The minimum Gasteiger partial charge on any atom is -0.336 e. The fourth-order valence-corrected chi connectivity index (χ4v) is 4.88. The molecule has 4 rings (SSSR count). The summed E-state index contributed by atoms with van der Waals surface area (Å²) in [6.45, 7) is 2.68. The van der Waals surface area contributed by atoms with Gasteiger partial charge < -0.3 is 10.2 Å². The summed E-state index contributed by atoms with van der Waals surface area (Å²) in [5, 5.41) is 4.87. The van der Waals surface area contributed by atoms with Gasteiger partial charge in [0.15, 0.2) is 0 Å². The Bertz CT molecular complexity index is 911. The summed E-state index contributed by atoms with van der Waals surface area (Å²) in [6, 6.07) is 11.2. The number of urea groups is 1. The topological polar surface area (TPSA) is 69.7 Å². The Labute approximate surface area is 168 Å². The van der Waals surface area contributed by atoms with Gasteiger partial charge in [-0.15, -0.1) is 11.3 Å². The molecule has 0 bridgehead atoms. The van der Waals surface area contributed by atoms with E-state index in [1.54, 1.807) is 16.2 Å². The van der Waals surface area contributed by atoms with E-state index in [0.717, 1.165) is 33.7 Å². The molecule has 2 heterocycles. The molecule has 2 aromatic rings. The number of amides is 4. The van der Waals surface area contributed by atoms with Gasteiger partial charge in [-0.3, -0.25) is 14.5 Å². The fraction of sp³-hybridized carbons (Fsp3) is 0.381. The van der Waals surface area contributed by atoms with Crippen LogP contribution in [0.4, 0.5) is 4.79 Å². The van der Waals surface area contributed by atoms with Crippen molar-refractivity contribution in [1.29, 1.82) is 0 Å². The second kappa shape index (κ2) is 7.39. The number of benzene rings is 1. The van der Waals surface area contributed by atoms with Gasteiger partial charge in [0.2, 0.25) is 5.91 Å². The van der Waals surface area contributed by atoms with Gasteiger partial charge in [-0.2, -0.15) is 0 Å². The highest BCUT2D eigenvalue weighted by molar-refractivity contribution is 7.09. The maximum absolute atomic E-state index is 13.3. The highest BCUT2D eigenvalue weighted by Crippen LogP contribution is 2.39. The summed E-state index contributed by atoms with van der Waals surface area (Å²) in [5.41, 5.74) is 0.917. The first-order chi connectivity index (χ1) is 13.5. The maximum Gasteiger partial charge on any atom is 0.325 e. The van der Waals surface area contributed by atoms with Crippen molar-refractivity contribution in [3.8, 4) is 0 Å². The highest BCUT2D eigenvalue weighted by Gasteiger charge is 2.54. The molecular weight excluding hydrogens is 374 g/mol. The Morgan fingerprint density at radius 3 is 2.82 bits per heavy atom. The number of hydrogen-bond donors (Lipinski definition) is 1. The highest BCUT2D eigenvalue weighted by atomic mass is 32.1. The molecule has 1 saturated heterocycles. The number of fused-ring (bicyclic) bond motifs is 2. The Hall–Kier alpha value is -2.67. The number of hydrogen-bond acceptors (Lipinski definition) is 4. The molecule has 2 aliphatic rings. The van der Waals surface area contributed by atoms with Gasteiger partial charge in [-0.1, -0.05) is 30.3 Å². The van der Waals surface area contributed by atoms with Crippen molar-refractivity contribution in [2.75, 3.05) is 13.1 Å². The van der Waals surface area contributed by atoms with Gasteiger partial charge in [0.05, 0.1) is 6.54 Å². The van der Waals surface area contributed by atoms with Crippen molar-refractivity contribution in [2.24, 2.45) is 0 Å². The molecular formula is C21H23N3O3S. The second-order valence-electron chi connectivity index (χ2n) is 7.22. The third-order valence-corrected chi connectivity index (χ3v) is 6.47. The quantitative estimate of drug-likeness (QED) is 0.789. The molecule has 1 spiro atoms. The van der Waals surface area contributed by atoms with E-state index < -0.39 is 11.6 Å². The number of aryl methyl sites for hydroxylation is 1. The summed E-state index contributed by atoms with van der Waals surface area (Å²) in [7, 11) is 0. The first-order valence-electron chi connectivity index (χ1n) is 9.58. The molecule has 1 unspecified atom stereocenters. The molecule has 1 aliphatic carbocycles. The summed E-state index contributed by atoms with van der Waals surface area (Å²) in [5.74, 6) is -0.536. The molecule has 7 heteroatoms. The van der Waals surface area contributed by atoms with Crippen LogP contribution in [0.2, 0.25) is 0 Å². The molecule has 28 heavy (non-hydrogen) atoms. The molecule has 6 nitrogen and oxygen atoms in total. The average molecular weight is 398 g/mol. The second-order valence-corrected chi connectivity index (χ2v) is 8.26. The van der Waals surface area contributed by atoms with E-state index in [0.29, 0.717) is 19.5 Å². The molecule has 1 aromatic carbocycles. The average Bonchev–Trinajstić information content (AvgIpc) is 3.29. The van der Waals surface area contributed by atoms with Gasteiger partial charge in [0.25, 0.3) is 5.91 Å². The number of nitrogens with one attached hydrogen (secondary N) is 1. The van der Waals surface area contributed by atoms with E-state index in [-0.39, 0.29) is 18.4 Å². The molecule has 1 N–H and O–H groups in total. The summed E-state index contributed by atoms with van der Waals surface area (Å²) in [4.78, 5) is 42.6. The normalized spacial score (nSPS) is 21.0. The lowest BCUT2D eigenvalue weighted by molar-refractivity contribution is -0.139. The SMILES string of the molecule is CCN(Cc1cccs1)C(=O)CN1C(=O)NC2(CCCc3ccccc32)C1=O. The predicted molar refractivity (Wildman–Crippen MR) is 107 cm³/mol. The fourth-order valence-electron chi connectivity index (χ4n) is 4.16. The van der Waals surface area contributed by atoms with Crippen molar-refractivity contribution >= 4 is 29.2 Å². The molecule has 1 aliphatic heterocycles. The van der Waals surface area contributed by atoms with Gasteiger partial charge >= 0.3 is 6.03 Å². The largest absolute Gasteiger partial charge is 0.336 e. The molecule has 0 radical (unpaired) electrons. The van der Waals surface area contributed by atoms with E-state index >= 15 is 0 Å². The van der Waals surface area contributed by atoms with Gasteiger partial charge in [-0.25, -0.2) is 4.79 Å². The molecule has 4 amide bonds. The predicted octanol–water partition coefficient (Wildman–Crippen LogP) is 2.88. The summed E-state index contributed by atoms with van der Waals surface area (Å²) >= 11 is 1.58. The Morgan fingerprint density at radius 1 is 1.25 bits per heavy atom. The van der Waals surface area contributed by atoms with Crippen LogP contribution in [-0.4, -0.2) is 40.7 Å². The van der Waals surface area contributed by atoms with Crippen molar-refractivity contribution in [2.45, 2.75) is 38.3 Å². The Morgan fingerprint density at radius 2 is 2.07 bits per heavy atom. The number of thiophene rings is 1. The zero-order valence-corrected chi connectivity index (χ0v) is 16.6. The lowest BCUT2D eigenvalue weighted by atomic mass is 9.76. The third kappa shape index (κ3) is 3.09. The van der Waals surface area contributed by atoms with Crippen LogP contribution in [-0.2, 0) is 28.1 Å². The molecule has 146 valence electrons. The number of carbonyl (C=O) groups excluding carboxylic acids is 3. The van der Waals surface area contributed by atoms with E-state index in [4.69, 9.17) is 0 Å². The van der Waals surface area contributed by atoms with Gasteiger partial charge in [-0.05, 0) is 48.8 Å². The van der Waals surface area contributed by atoms with Crippen LogP contribution in [0.15, 0.2) is 41.8 Å². The smallest absolute Gasteiger partial charge is 0.325 e. The van der Waals surface area contributed by atoms with E-state index in [1.807, 2.05) is 48.7 Å². The number of nitrogens with zero attached hydrogens (tertiary/aromatic N) is 2. The van der Waals surface area contributed by atoms with Gasteiger partial charge in [0, 0.05) is 11.4 Å². The monoisotopic (exact) mass is 397 g/mol. The third-order valence-electron chi connectivity index (χ3n) is 5.61. The number of carbonyl (C=O) groups is 3. The van der Waals surface area contributed by atoms with E-state index in [1.165, 1.54) is 0 Å². The number of likely N-dealkylation sites (N-methyl/N-ethyl adjacent to an activating group) is 1. The van der Waals surface area contributed by atoms with Crippen molar-refractivity contribution < 1.29 is 14.4 Å². The van der Waals surface area contributed by atoms with Crippen LogP contribution in [0.5, 0.6) is 0 Å². The molecule has 1 aromatic heterocycles. The van der Waals surface area contributed by atoms with Crippen LogP contribution in [0.1, 0.15) is 35.8 Å². The minimum atomic E-state index is -1.03. The van der Waals surface area contributed by atoms with Crippen molar-refractivity contribution in [3.63, 3.8) is 0 Å². The standard InChI is InChI=1S/C21H23N3O3S/c1-2-23(13-16-9-6-12-28-16)18(25)14-24-19(26)21(22-20(24)27)11-5-8-15-7-3-4-10-17(15)21/h3-4,6-7,9-10,12H,2,5,8,11,13-14H2,1H3,(H,22,27). The summed E-state index contributed by atoms with van der Waals surface area (Å²) < 4.78 is 0. The van der Waals surface area contributed by atoms with Crippen LogP contribution < -0.4 is 5.32 Å². The van der Waals surface area contributed by atoms with Crippen LogP contribution in [0, 0.1) is 0 Å². The maximum atomic E-state index is 13.3. The lowest BCUT2D eigenvalue weighted by Gasteiger charge is -2.33. The Balaban J connectivity index is 1.54. The zero-order valence-electron chi connectivity index (χ0n) is 15.8.